The molecule has 0 spiro atoms. The number of alkyl halides is 3. The second kappa shape index (κ2) is 39.9. The summed E-state index contributed by atoms with van der Waals surface area (Å²) in [6.07, 6.45) is 5.94. The van der Waals surface area contributed by atoms with E-state index in [0.717, 1.165) is 24.3 Å². The molecule has 68 heavy (non-hydrogen) atoms. The third-order valence-electron chi connectivity index (χ3n) is 9.91. The molecular formula is C51H76F3NO13. The molecular weight excluding hydrogens is 892 g/mol. The number of benzene rings is 3. The normalized spacial score (nSPS) is 11.6. The molecule has 0 saturated heterocycles. The Bertz CT molecular complexity index is 1650. The number of rotatable bonds is 45. The van der Waals surface area contributed by atoms with E-state index in [4.69, 9.17) is 56.8 Å². The highest BCUT2D eigenvalue weighted by Gasteiger charge is 2.30. The Morgan fingerprint density at radius 2 is 0.897 bits per heavy atom. The molecule has 14 nitrogen and oxygen atoms in total. The van der Waals surface area contributed by atoms with Crippen molar-refractivity contribution in [3.05, 3.63) is 89.5 Å². The van der Waals surface area contributed by atoms with Gasteiger partial charge in [0, 0.05) is 5.69 Å². The SMILES string of the molecule is CCCCCCCCCc1ccc(OCCOCCOCCOCCOCCOCCOCCOCCOCCOCCOCCOC(=O)c2ccccc2Nc2cccc(C(F)(F)F)c2)cc1. The van der Waals surface area contributed by atoms with Crippen LogP contribution in [-0.2, 0) is 64.7 Å². The molecule has 3 aromatic carbocycles. The first-order valence-electron chi connectivity index (χ1n) is 24.1. The minimum absolute atomic E-state index is 0.00434. The van der Waals surface area contributed by atoms with Gasteiger partial charge in [0.25, 0.3) is 0 Å². The lowest BCUT2D eigenvalue weighted by Gasteiger charge is -2.13. The van der Waals surface area contributed by atoms with E-state index in [1.807, 2.05) is 12.1 Å². The van der Waals surface area contributed by atoms with E-state index in [1.165, 1.54) is 68.7 Å². The van der Waals surface area contributed by atoms with Crippen LogP contribution >= 0.6 is 0 Å². The maximum absolute atomic E-state index is 13.1. The molecule has 3 rings (SSSR count). The summed E-state index contributed by atoms with van der Waals surface area (Å²) in [6.45, 7) is 11.4. The fourth-order valence-corrected chi connectivity index (χ4v) is 6.31. The van der Waals surface area contributed by atoms with E-state index in [2.05, 4.69) is 24.4 Å². The smallest absolute Gasteiger partial charge is 0.416 e. The summed E-state index contributed by atoms with van der Waals surface area (Å²) in [6, 6.07) is 19.6. The fourth-order valence-electron chi connectivity index (χ4n) is 6.31. The van der Waals surface area contributed by atoms with Crippen LogP contribution in [0.5, 0.6) is 5.75 Å². The largest absolute Gasteiger partial charge is 0.491 e. The van der Waals surface area contributed by atoms with E-state index >= 15 is 0 Å². The zero-order valence-corrected chi connectivity index (χ0v) is 40.1. The molecule has 0 bridgehead atoms. The van der Waals surface area contributed by atoms with Crippen LogP contribution in [-0.4, -0.2) is 151 Å². The number of aryl methyl sites for hydroxylation is 1. The van der Waals surface area contributed by atoms with Gasteiger partial charge in [-0.05, 0) is 60.9 Å². The summed E-state index contributed by atoms with van der Waals surface area (Å²) < 4.78 is 105. The standard InChI is InChI=1S/C51H76F3NO13/c1-2-3-4-5-6-7-8-12-44-17-19-47(20-18-44)67-41-39-65-37-35-63-33-31-61-29-27-59-25-23-57-21-22-58-24-26-60-28-30-62-32-34-64-36-38-66-40-42-68-50(56)48-15-9-10-16-49(48)55-46-14-11-13-45(43-46)51(52,53)54/h9-11,13-20,43,55H,2-8,12,21-42H2,1H3. The Kier molecular flexibility index (Phi) is 34.3. The lowest BCUT2D eigenvalue weighted by Crippen LogP contribution is -2.16. The second-order valence-corrected chi connectivity index (χ2v) is 15.4. The molecule has 0 radical (unpaired) electrons. The van der Waals surface area contributed by atoms with Crippen molar-refractivity contribution in [1.29, 1.82) is 0 Å². The Hall–Kier alpha value is -3.88. The number of unbranched alkanes of at least 4 members (excludes halogenated alkanes) is 6. The van der Waals surface area contributed by atoms with Crippen LogP contribution in [0.2, 0.25) is 0 Å². The number of hydrogen-bond acceptors (Lipinski definition) is 14. The molecule has 0 aliphatic heterocycles. The highest BCUT2D eigenvalue weighted by atomic mass is 19.4. The third-order valence-corrected chi connectivity index (χ3v) is 9.91. The average molecular weight is 968 g/mol. The molecule has 0 aliphatic rings. The second-order valence-electron chi connectivity index (χ2n) is 15.4. The zero-order chi connectivity index (χ0) is 48.4. The lowest BCUT2D eigenvalue weighted by molar-refractivity contribution is -0.137. The van der Waals surface area contributed by atoms with Crippen molar-refractivity contribution in [2.24, 2.45) is 0 Å². The van der Waals surface area contributed by atoms with Crippen LogP contribution in [0, 0.1) is 0 Å². The molecule has 0 fully saturated rings. The highest BCUT2D eigenvalue weighted by Crippen LogP contribution is 2.32. The summed E-state index contributed by atoms with van der Waals surface area (Å²) in [5.74, 6) is 0.242. The fraction of sp³-hybridized carbons (Fsp3) is 0.627. The van der Waals surface area contributed by atoms with E-state index < -0.39 is 17.7 Å². The van der Waals surface area contributed by atoms with Crippen molar-refractivity contribution in [2.45, 2.75) is 64.5 Å². The van der Waals surface area contributed by atoms with Gasteiger partial charge in [0.15, 0.2) is 0 Å². The van der Waals surface area contributed by atoms with Crippen LogP contribution in [0.25, 0.3) is 0 Å². The van der Waals surface area contributed by atoms with Crippen LogP contribution in [0.15, 0.2) is 72.8 Å². The number of carbonyl (C=O) groups is 1. The Balaban J connectivity index is 0.960. The van der Waals surface area contributed by atoms with E-state index in [-0.39, 0.29) is 24.5 Å². The van der Waals surface area contributed by atoms with Crippen molar-refractivity contribution in [3.63, 3.8) is 0 Å². The third kappa shape index (κ3) is 30.6. The van der Waals surface area contributed by atoms with Gasteiger partial charge in [0.05, 0.1) is 149 Å². The molecule has 0 aromatic heterocycles. The van der Waals surface area contributed by atoms with E-state index in [1.54, 1.807) is 18.2 Å². The Morgan fingerprint density at radius 3 is 1.37 bits per heavy atom. The minimum atomic E-state index is -4.48. The van der Waals surface area contributed by atoms with Gasteiger partial charge in [0.2, 0.25) is 0 Å². The van der Waals surface area contributed by atoms with E-state index in [0.29, 0.717) is 138 Å². The molecule has 0 amide bonds. The highest BCUT2D eigenvalue weighted by molar-refractivity contribution is 5.96. The number of nitrogens with one attached hydrogen (secondary N) is 1. The summed E-state index contributed by atoms with van der Waals surface area (Å²) >= 11 is 0. The van der Waals surface area contributed by atoms with Gasteiger partial charge in [0.1, 0.15) is 19.0 Å². The van der Waals surface area contributed by atoms with Gasteiger partial charge in [-0.25, -0.2) is 4.79 Å². The van der Waals surface area contributed by atoms with Crippen molar-refractivity contribution >= 4 is 17.3 Å². The van der Waals surface area contributed by atoms with Crippen molar-refractivity contribution in [3.8, 4) is 5.75 Å². The first-order valence-corrected chi connectivity index (χ1v) is 24.1. The lowest BCUT2D eigenvalue weighted by atomic mass is 10.0. The first-order chi connectivity index (χ1) is 33.4. The predicted octanol–water partition coefficient (Wildman–Crippen LogP) is 9.14. The van der Waals surface area contributed by atoms with Crippen LogP contribution < -0.4 is 10.1 Å². The molecule has 0 atom stereocenters. The monoisotopic (exact) mass is 968 g/mol. The molecule has 0 aliphatic carbocycles. The molecule has 17 heteroatoms. The number of anilines is 2. The molecule has 384 valence electrons. The van der Waals surface area contributed by atoms with Gasteiger partial charge in [-0.1, -0.05) is 75.8 Å². The number of esters is 1. The average Bonchev–Trinajstić information content (AvgIpc) is 3.34. The van der Waals surface area contributed by atoms with E-state index in [9.17, 15) is 18.0 Å². The van der Waals surface area contributed by atoms with Gasteiger partial charge >= 0.3 is 12.1 Å². The molecule has 0 unspecified atom stereocenters. The van der Waals surface area contributed by atoms with Gasteiger partial charge in [-0.2, -0.15) is 13.2 Å². The summed E-state index contributed by atoms with van der Waals surface area (Å²) in [7, 11) is 0. The van der Waals surface area contributed by atoms with Crippen LogP contribution in [0.4, 0.5) is 24.5 Å². The quantitative estimate of drug-likeness (QED) is 0.0425. The van der Waals surface area contributed by atoms with Crippen molar-refractivity contribution in [1.82, 2.24) is 0 Å². The number of ether oxygens (including phenoxy) is 12. The van der Waals surface area contributed by atoms with Gasteiger partial charge in [-0.15, -0.1) is 0 Å². The molecule has 0 saturated carbocycles. The molecule has 0 heterocycles. The van der Waals surface area contributed by atoms with Crippen LogP contribution in [0.3, 0.4) is 0 Å². The zero-order valence-electron chi connectivity index (χ0n) is 40.1. The minimum Gasteiger partial charge on any atom is -0.491 e. The first kappa shape index (κ1) is 58.4. The number of halogens is 3. The molecule has 1 N–H and O–H groups in total. The van der Waals surface area contributed by atoms with Gasteiger partial charge < -0.3 is 62.2 Å². The van der Waals surface area contributed by atoms with Crippen molar-refractivity contribution in [2.75, 3.05) is 151 Å². The summed E-state index contributed by atoms with van der Waals surface area (Å²) in [4.78, 5) is 12.6. The maximum Gasteiger partial charge on any atom is 0.416 e. The van der Waals surface area contributed by atoms with Crippen LogP contribution in [0.1, 0.15) is 73.4 Å². The summed E-state index contributed by atoms with van der Waals surface area (Å²) in [5, 5.41) is 2.86. The maximum atomic E-state index is 13.1. The number of hydrogen-bond donors (Lipinski definition) is 1. The topological polar surface area (TPSA) is 140 Å². The Morgan fingerprint density at radius 1 is 0.471 bits per heavy atom. The summed E-state index contributed by atoms with van der Waals surface area (Å²) in [5.41, 5.74) is 1.27. The molecule has 3 aromatic rings. The number of carbonyl (C=O) groups excluding carboxylic acids is 1. The van der Waals surface area contributed by atoms with Crippen molar-refractivity contribution < 1.29 is 74.8 Å². The predicted molar refractivity (Wildman–Crippen MR) is 253 cm³/mol. The van der Waals surface area contributed by atoms with Gasteiger partial charge in [-0.3, -0.25) is 0 Å². The number of para-hydroxylation sites is 1. The Labute approximate surface area is 401 Å².